The van der Waals surface area contributed by atoms with E-state index in [-0.39, 0.29) is 17.9 Å². The zero-order valence-electron chi connectivity index (χ0n) is 19.5. The van der Waals surface area contributed by atoms with Crippen molar-refractivity contribution >= 4 is 46.1 Å². The number of carbonyl (C=O) groups excluding carboxylic acids is 3. The Hall–Kier alpha value is -2.50. The first kappa shape index (κ1) is 25.1. The molecule has 9 nitrogen and oxygen atoms in total. The third kappa shape index (κ3) is 6.75. The van der Waals surface area contributed by atoms with Crippen LogP contribution in [0.2, 0.25) is 0 Å². The number of anilines is 1. The average Bonchev–Trinajstić information content (AvgIpc) is 3.29. The summed E-state index contributed by atoms with van der Waals surface area (Å²) in [4.78, 5) is 43.0. The number of aromatic nitrogens is 1. The second kappa shape index (κ2) is 10.6. The molecule has 2 aromatic rings. The molecule has 0 aromatic carbocycles. The van der Waals surface area contributed by atoms with Crippen molar-refractivity contribution in [2.75, 3.05) is 18.4 Å². The smallest absolute Gasteiger partial charge is 0.410 e. The van der Waals surface area contributed by atoms with E-state index in [0.29, 0.717) is 55.0 Å². The summed E-state index contributed by atoms with van der Waals surface area (Å²) in [6.07, 6.45) is 0.584. The maximum absolute atomic E-state index is 12.6. The fraction of sp³-hybridized carbons (Fsp3) is 0.545. The highest BCUT2D eigenvalue weighted by atomic mass is 32.1. The first-order valence-corrected chi connectivity index (χ1v) is 12.5. The molecule has 1 aliphatic heterocycles. The van der Waals surface area contributed by atoms with Crippen LogP contribution >= 0.6 is 22.7 Å². The summed E-state index contributed by atoms with van der Waals surface area (Å²) in [5.74, 6) is 0.113. The van der Waals surface area contributed by atoms with E-state index in [1.165, 1.54) is 22.7 Å². The van der Waals surface area contributed by atoms with Gasteiger partial charge < -0.3 is 25.0 Å². The van der Waals surface area contributed by atoms with Crippen molar-refractivity contribution in [3.05, 3.63) is 15.8 Å². The molecule has 0 atom stereocenters. The number of amides is 2. The van der Waals surface area contributed by atoms with Crippen molar-refractivity contribution in [2.24, 2.45) is 0 Å². The molecule has 0 bridgehead atoms. The van der Waals surface area contributed by atoms with Crippen molar-refractivity contribution in [3.63, 3.8) is 0 Å². The molecule has 0 saturated carbocycles. The SMILES string of the molecule is CC(C)NCCC(=O)Nc1sc2c(c1-c1nc(OC=O)cs1)CCN(C(=O)OC(C)(C)C)C2. The number of rotatable bonds is 8. The molecule has 33 heavy (non-hydrogen) atoms. The summed E-state index contributed by atoms with van der Waals surface area (Å²) in [7, 11) is 0. The molecule has 2 amide bonds. The highest BCUT2D eigenvalue weighted by Crippen LogP contribution is 2.45. The third-order valence-electron chi connectivity index (χ3n) is 4.73. The molecule has 180 valence electrons. The summed E-state index contributed by atoms with van der Waals surface area (Å²) in [6, 6.07) is 0.299. The lowest BCUT2D eigenvalue weighted by Gasteiger charge is -2.30. The molecule has 2 aromatic heterocycles. The minimum atomic E-state index is -0.572. The van der Waals surface area contributed by atoms with Crippen LogP contribution in [0.1, 0.15) is 51.5 Å². The monoisotopic (exact) mass is 494 g/mol. The van der Waals surface area contributed by atoms with E-state index in [1.807, 2.05) is 34.6 Å². The van der Waals surface area contributed by atoms with Gasteiger partial charge >= 0.3 is 6.09 Å². The quantitative estimate of drug-likeness (QED) is 0.533. The largest absolute Gasteiger partial charge is 0.444 e. The van der Waals surface area contributed by atoms with Gasteiger partial charge in [0.25, 0.3) is 6.47 Å². The van der Waals surface area contributed by atoms with Gasteiger partial charge in [-0.1, -0.05) is 13.8 Å². The number of ether oxygens (including phenoxy) is 2. The van der Waals surface area contributed by atoms with Gasteiger partial charge in [-0.2, -0.15) is 0 Å². The maximum Gasteiger partial charge on any atom is 0.410 e. The van der Waals surface area contributed by atoms with E-state index >= 15 is 0 Å². The molecular formula is C22H30N4O5S2. The number of thiazole rings is 1. The molecule has 11 heteroatoms. The van der Waals surface area contributed by atoms with Crippen molar-refractivity contribution in [2.45, 2.75) is 65.6 Å². The zero-order chi connectivity index (χ0) is 24.2. The summed E-state index contributed by atoms with van der Waals surface area (Å²) in [5, 5.41) is 9.26. The second-order valence-corrected chi connectivity index (χ2v) is 10.9. The topological polar surface area (TPSA) is 110 Å². The van der Waals surface area contributed by atoms with Gasteiger partial charge in [0.2, 0.25) is 11.8 Å². The number of nitrogens with zero attached hydrogens (tertiary/aromatic N) is 2. The van der Waals surface area contributed by atoms with Gasteiger partial charge in [-0.3, -0.25) is 9.59 Å². The molecule has 3 rings (SSSR count). The predicted molar refractivity (Wildman–Crippen MR) is 129 cm³/mol. The van der Waals surface area contributed by atoms with Crippen LogP contribution in [-0.2, 0) is 27.3 Å². The fourth-order valence-electron chi connectivity index (χ4n) is 3.34. The van der Waals surface area contributed by atoms with Crippen LogP contribution in [-0.4, -0.2) is 53.1 Å². The van der Waals surface area contributed by atoms with Gasteiger partial charge in [-0.25, -0.2) is 9.78 Å². The van der Waals surface area contributed by atoms with Gasteiger partial charge in [-0.05, 0) is 32.8 Å². The predicted octanol–water partition coefficient (Wildman–Crippen LogP) is 4.03. The highest BCUT2D eigenvalue weighted by Gasteiger charge is 2.31. The average molecular weight is 495 g/mol. The number of carbonyl (C=O) groups is 3. The Morgan fingerprint density at radius 1 is 1.33 bits per heavy atom. The Balaban J connectivity index is 1.86. The number of fused-ring (bicyclic) bond motifs is 1. The molecule has 0 radical (unpaired) electrons. The van der Waals surface area contributed by atoms with Crippen LogP contribution in [0.5, 0.6) is 5.88 Å². The Kier molecular flexibility index (Phi) is 8.09. The number of thiophene rings is 1. The van der Waals surface area contributed by atoms with Crippen molar-refractivity contribution < 1.29 is 23.9 Å². The molecule has 2 N–H and O–H groups in total. The number of hydrogen-bond donors (Lipinski definition) is 2. The van der Waals surface area contributed by atoms with E-state index in [0.717, 1.165) is 16.0 Å². The standard InChI is InChI=1S/C22H30N4O5S2/c1-13(2)23-8-6-16(28)24-20-18(19-25-17(11-32-19)30-12-27)14-7-9-26(10-15(14)33-20)21(29)31-22(3,4)5/h11-13,23H,6-10H2,1-5H3,(H,24,28). The van der Waals surface area contributed by atoms with Gasteiger partial charge in [0.15, 0.2) is 0 Å². The molecular weight excluding hydrogens is 464 g/mol. The fourth-order valence-corrected chi connectivity index (χ4v) is 5.49. The summed E-state index contributed by atoms with van der Waals surface area (Å²) < 4.78 is 10.4. The van der Waals surface area contributed by atoms with Gasteiger partial charge in [0.05, 0.1) is 11.9 Å². The Morgan fingerprint density at radius 2 is 2.09 bits per heavy atom. The van der Waals surface area contributed by atoms with Gasteiger partial charge in [-0.15, -0.1) is 22.7 Å². The third-order valence-corrected chi connectivity index (χ3v) is 6.70. The van der Waals surface area contributed by atoms with Crippen LogP contribution in [0.15, 0.2) is 5.38 Å². The van der Waals surface area contributed by atoms with E-state index in [4.69, 9.17) is 9.47 Å². The Bertz CT molecular complexity index is 1010. The molecule has 1 aliphatic rings. The minimum Gasteiger partial charge on any atom is -0.444 e. The number of hydrogen-bond acceptors (Lipinski definition) is 9. The van der Waals surface area contributed by atoms with E-state index in [1.54, 1.807) is 10.3 Å². The lowest BCUT2D eigenvalue weighted by molar-refractivity contribution is -0.121. The summed E-state index contributed by atoms with van der Waals surface area (Å²) >= 11 is 2.78. The maximum atomic E-state index is 12.6. The van der Waals surface area contributed by atoms with E-state index < -0.39 is 5.60 Å². The molecule has 0 fully saturated rings. The molecule has 3 heterocycles. The van der Waals surface area contributed by atoms with Crippen molar-refractivity contribution in [1.29, 1.82) is 0 Å². The first-order valence-electron chi connectivity index (χ1n) is 10.8. The number of nitrogens with one attached hydrogen (secondary N) is 2. The van der Waals surface area contributed by atoms with Crippen molar-refractivity contribution in [1.82, 2.24) is 15.2 Å². The highest BCUT2D eigenvalue weighted by molar-refractivity contribution is 7.18. The van der Waals surface area contributed by atoms with E-state index in [2.05, 4.69) is 15.6 Å². The van der Waals surface area contributed by atoms with Crippen LogP contribution in [0.4, 0.5) is 9.80 Å². The second-order valence-electron chi connectivity index (χ2n) is 8.97. The normalized spacial score (nSPS) is 13.6. The first-order chi connectivity index (χ1) is 15.6. The van der Waals surface area contributed by atoms with Crippen molar-refractivity contribution in [3.8, 4) is 16.5 Å². The Morgan fingerprint density at radius 3 is 2.76 bits per heavy atom. The van der Waals surface area contributed by atoms with Crippen LogP contribution in [0.25, 0.3) is 10.6 Å². The zero-order valence-corrected chi connectivity index (χ0v) is 21.2. The molecule has 0 unspecified atom stereocenters. The summed E-state index contributed by atoms with van der Waals surface area (Å²) in [5.41, 5.74) is 1.30. The van der Waals surface area contributed by atoms with Gasteiger partial charge in [0.1, 0.15) is 15.6 Å². The lowest BCUT2D eigenvalue weighted by atomic mass is 10.0. The molecule has 0 spiro atoms. The van der Waals surface area contributed by atoms with Crippen LogP contribution in [0.3, 0.4) is 0 Å². The summed E-state index contributed by atoms with van der Waals surface area (Å²) in [6.45, 7) is 11.4. The molecule has 0 aliphatic carbocycles. The van der Waals surface area contributed by atoms with E-state index in [9.17, 15) is 14.4 Å². The van der Waals surface area contributed by atoms with Crippen LogP contribution < -0.4 is 15.4 Å². The van der Waals surface area contributed by atoms with Gasteiger partial charge in [0, 0.05) is 36.0 Å². The molecule has 0 saturated heterocycles. The Labute approximate surface area is 201 Å². The minimum absolute atomic E-state index is 0.104. The van der Waals surface area contributed by atoms with Crippen LogP contribution in [0, 0.1) is 0 Å². The lowest BCUT2D eigenvalue weighted by Crippen LogP contribution is -2.39.